The molecule has 2 aromatic carbocycles. The van der Waals surface area contributed by atoms with Crippen molar-refractivity contribution < 1.29 is 19.1 Å². The number of esters is 1. The van der Waals surface area contributed by atoms with Gasteiger partial charge in [-0.15, -0.1) is 11.8 Å². The minimum Gasteiger partial charge on any atom is -0.466 e. The van der Waals surface area contributed by atoms with Crippen LogP contribution in [0.15, 0.2) is 54.6 Å². The molecule has 0 radical (unpaired) electrons. The Hall–Kier alpha value is -2.47. The maximum atomic E-state index is 13.2. The molecule has 2 atom stereocenters. The molecule has 2 unspecified atom stereocenters. The summed E-state index contributed by atoms with van der Waals surface area (Å²) < 4.78 is 11.0. The van der Waals surface area contributed by atoms with E-state index in [9.17, 15) is 9.59 Å². The minimum absolute atomic E-state index is 0.0105. The molecule has 0 aromatic heterocycles. The molecular weight excluding hydrogens is 422 g/mol. The average molecular weight is 456 g/mol. The SMILES string of the molecule is CCCCC1SC(c2cccc(Oc3ccccc3)c2)N(CCCCC(=O)OCC)C1=O. The Labute approximate surface area is 195 Å². The first-order chi connectivity index (χ1) is 15.6. The molecule has 1 fully saturated rings. The Bertz CT molecular complexity index is 873. The summed E-state index contributed by atoms with van der Waals surface area (Å²) in [5.41, 5.74) is 1.07. The number of ether oxygens (including phenoxy) is 2. The molecule has 32 heavy (non-hydrogen) atoms. The van der Waals surface area contributed by atoms with Gasteiger partial charge in [0.25, 0.3) is 0 Å². The zero-order valence-corrected chi connectivity index (χ0v) is 19.8. The van der Waals surface area contributed by atoms with E-state index in [4.69, 9.17) is 9.47 Å². The maximum Gasteiger partial charge on any atom is 0.305 e. The summed E-state index contributed by atoms with van der Waals surface area (Å²) in [6, 6.07) is 17.7. The Kier molecular flexibility index (Phi) is 9.47. The van der Waals surface area contributed by atoms with E-state index in [-0.39, 0.29) is 22.5 Å². The first-order valence-electron chi connectivity index (χ1n) is 11.6. The number of thioether (sulfide) groups is 1. The molecule has 0 saturated carbocycles. The lowest BCUT2D eigenvalue weighted by Gasteiger charge is -2.24. The number of amides is 1. The molecule has 0 spiro atoms. The van der Waals surface area contributed by atoms with E-state index in [1.807, 2.05) is 60.4 Å². The number of carbonyl (C=O) groups excluding carboxylic acids is 2. The van der Waals surface area contributed by atoms with Gasteiger partial charge in [-0.3, -0.25) is 9.59 Å². The largest absolute Gasteiger partial charge is 0.466 e. The van der Waals surface area contributed by atoms with Crippen LogP contribution in [0.5, 0.6) is 11.5 Å². The lowest BCUT2D eigenvalue weighted by atomic mass is 10.1. The predicted molar refractivity (Wildman–Crippen MR) is 129 cm³/mol. The Morgan fingerprint density at radius 2 is 1.78 bits per heavy atom. The number of para-hydroxylation sites is 1. The molecular formula is C26H33NO4S. The van der Waals surface area contributed by atoms with E-state index >= 15 is 0 Å². The Morgan fingerprint density at radius 3 is 2.53 bits per heavy atom. The zero-order chi connectivity index (χ0) is 22.8. The van der Waals surface area contributed by atoms with Crippen molar-refractivity contribution >= 4 is 23.6 Å². The number of rotatable bonds is 12. The molecule has 1 heterocycles. The molecule has 6 heteroatoms. The van der Waals surface area contributed by atoms with E-state index in [1.54, 1.807) is 11.8 Å². The molecule has 2 aromatic rings. The van der Waals surface area contributed by atoms with Gasteiger partial charge in [-0.25, -0.2) is 0 Å². The molecule has 172 valence electrons. The van der Waals surface area contributed by atoms with Crippen molar-refractivity contribution in [2.24, 2.45) is 0 Å². The summed E-state index contributed by atoms with van der Waals surface area (Å²) in [6.45, 7) is 5.01. The molecule has 1 amide bonds. The minimum atomic E-state index is -0.169. The van der Waals surface area contributed by atoms with Crippen molar-refractivity contribution in [1.29, 1.82) is 0 Å². The van der Waals surface area contributed by atoms with Gasteiger partial charge < -0.3 is 14.4 Å². The molecule has 5 nitrogen and oxygen atoms in total. The number of hydrogen-bond donors (Lipinski definition) is 0. The highest BCUT2D eigenvalue weighted by atomic mass is 32.2. The molecule has 1 saturated heterocycles. The molecule has 0 bridgehead atoms. The smallest absolute Gasteiger partial charge is 0.305 e. The van der Waals surface area contributed by atoms with Crippen LogP contribution in [0.3, 0.4) is 0 Å². The molecule has 3 rings (SSSR count). The normalized spacial score (nSPS) is 18.1. The van der Waals surface area contributed by atoms with E-state index in [2.05, 4.69) is 13.0 Å². The van der Waals surface area contributed by atoms with Crippen molar-refractivity contribution in [2.45, 2.75) is 63.0 Å². The quantitative estimate of drug-likeness (QED) is 0.276. The summed E-state index contributed by atoms with van der Waals surface area (Å²) in [6.07, 6.45) is 4.92. The summed E-state index contributed by atoms with van der Waals surface area (Å²) in [7, 11) is 0. The van der Waals surface area contributed by atoms with Crippen LogP contribution in [-0.4, -0.2) is 35.2 Å². The average Bonchev–Trinajstić information content (AvgIpc) is 3.11. The highest BCUT2D eigenvalue weighted by Crippen LogP contribution is 2.45. The third-order valence-electron chi connectivity index (χ3n) is 5.41. The number of hydrogen-bond acceptors (Lipinski definition) is 5. The second-order valence-electron chi connectivity index (χ2n) is 7.90. The van der Waals surface area contributed by atoms with Crippen LogP contribution < -0.4 is 4.74 Å². The van der Waals surface area contributed by atoms with Gasteiger partial charge in [0.2, 0.25) is 5.91 Å². The van der Waals surface area contributed by atoms with Crippen molar-refractivity contribution in [1.82, 2.24) is 4.90 Å². The maximum absolute atomic E-state index is 13.2. The van der Waals surface area contributed by atoms with Gasteiger partial charge in [-0.05, 0) is 56.0 Å². The Morgan fingerprint density at radius 1 is 1.00 bits per heavy atom. The van der Waals surface area contributed by atoms with Gasteiger partial charge in [-0.2, -0.15) is 0 Å². The lowest BCUT2D eigenvalue weighted by Crippen LogP contribution is -2.32. The third-order valence-corrected chi connectivity index (χ3v) is 6.96. The highest BCUT2D eigenvalue weighted by Gasteiger charge is 2.40. The van der Waals surface area contributed by atoms with Gasteiger partial charge in [0.15, 0.2) is 0 Å². The fourth-order valence-corrected chi connectivity index (χ4v) is 5.32. The second-order valence-corrected chi connectivity index (χ2v) is 9.19. The number of nitrogens with zero attached hydrogens (tertiary/aromatic N) is 1. The molecule has 1 aliphatic rings. The third kappa shape index (κ3) is 6.76. The van der Waals surface area contributed by atoms with Crippen LogP contribution in [-0.2, 0) is 14.3 Å². The fourth-order valence-electron chi connectivity index (χ4n) is 3.80. The van der Waals surface area contributed by atoms with Crippen LogP contribution in [0, 0.1) is 0 Å². The molecule has 0 aliphatic carbocycles. The second kappa shape index (κ2) is 12.5. The van der Waals surface area contributed by atoms with E-state index < -0.39 is 0 Å². The predicted octanol–water partition coefficient (Wildman–Crippen LogP) is 6.35. The number of benzene rings is 2. The van der Waals surface area contributed by atoms with E-state index in [0.717, 1.165) is 49.2 Å². The summed E-state index contributed by atoms with van der Waals surface area (Å²) >= 11 is 1.74. The van der Waals surface area contributed by atoms with E-state index in [0.29, 0.717) is 19.6 Å². The Balaban J connectivity index is 1.70. The zero-order valence-electron chi connectivity index (χ0n) is 19.0. The molecule has 0 N–H and O–H groups in total. The summed E-state index contributed by atoms with van der Waals surface area (Å²) in [4.78, 5) is 26.8. The van der Waals surface area contributed by atoms with Gasteiger partial charge in [0.05, 0.1) is 11.9 Å². The van der Waals surface area contributed by atoms with Crippen LogP contribution in [0.25, 0.3) is 0 Å². The first kappa shape index (κ1) is 24.2. The number of unbranched alkanes of at least 4 members (excludes halogenated alkanes) is 2. The van der Waals surface area contributed by atoms with Gasteiger partial charge in [0, 0.05) is 13.0 Å². The highest BCUT2D eigenvalue weighted by molar-refractivity contribution is 8.01. The van der Waals surface area contributed by atoms with Gasteiger partial charge in [-0.1, -0.05) is 50.1 Å². The van der Waals surface area contributed by atoms with E-state index in [1.165, 1.54) is 0 Å². The van der Waals surface area contributed by atoms with Gasteiger partial charge in [0.1, 0.15) is 16.9 Å². The summed E-state index contributed by atoms with van der Waals surface area (Å²) in [5.74, 6) is 1.59. The fraction of sp³-hybridized carbons (Fsp3) is 0.462. The van der Waals surface area contributed by atoms with Crippen molar-refractivity contribution in [3.8, 4) is 11.5 Å². The first-order valence-corrected chi connectivity index (χ1v) is 12.5. The monoisotopic (exact) mass is 455 g/mol. The van der Waals surface area contributed by atoms with Crippen molar-refractivity contribution in [3.63, 3.8) is 0 Å². The van der Waals surface area contributed by atoms with Gasteiger partial charge >= 0.3 is 5.97 Å². The van der Waals surface area contributed by atoms with Crippen LogP contribution >= 0.6 is 11.8 Å². The summed E-state index contributed by atoms with van der Waals surface area (Å²) in [5, 5.41) is -0.0463. The van der Waals surface area contributed by atoms with Crippen molar-refractivity contribution in [2.75, 3.05) is 13.2 Å². The van der Waals surface area contributed by atoms with Crippen LogP contribution in [0.1, 0.15) is 63.3 Å². The lowest BCUT2D eigenvalue weighted by molar-refractivity contribution is -0.143. The standard InChI is InChI=1S/C26H33NO4S/c1-3-5-16-23-25(29)27(18-10-9-17-24(28)30-4-2)26(32-23)20-12-11-15-22(19-20)31-21-13-7-6-8-14-21/h6-8,11-15,19,23,26H,3-5,9-10,16-18H2,1-2H3. The molecule has 1 aliphatic heterocycles. The number of carbonyl (C=O) groups is 2. The van der Waals surface area contributed by atoms with Crippen LogP contribution in [0.2, 0.25) is 0 Å². The van der Waals surface area contributed by atoms with Crippen molar-refractivity contribution in [3.05, 3.63) is 60.2 Å². The van der Waals surface area contributed by atoms with Crippen LogP contribution in [0.4, 0.5) is 0 Å². The topological polar surface area (TPSA) is 55.8 Å².